The van der Waals surface area contributed by atoms with E-state index in [0.29, 0.717) is 13.0 Å². The molecule has 11 atom stereocenters. The lowest BCUT2D eigenvalue weighted by Gasteiger charge is -2.42. The number of hydrogen-bond donors (Lipinski definition) is 7. The average Bonchev–Trinajstić information content (AvgIpc) is 3.41. The quantitative estimate of drug-likeness (QED) is 0.0172. The second-order valence-corrected chi connectivity index (χ2v) is 20.8. The normalized spacial score (nSPS) is 25.0. The molecule has 0 bridgehead atoms. The molecule has 14 nitrogen and oxygen atoms in total. The van der Waals surface area contributed by atoms with Crippen LogP contribution in [-0.4, -0.2) is 142 Å². The molecule has 11 unspecified atom stereocenters. The first-order valence-electron chi connectivity index (χ1n) is 29.9. The van der Waals surface area contributed by atoms with Gasteiger partial charge in [-0.3, -0.25) is 4.79 Å². The van der Waals surface area contributed by atoms with Gasteiger partial charge in [0.2, 0.25) is 0 Å². The van der Waals surface area contributed by atoms with Crippen molar-refractivity contribution < 1.29 is 69.0 Å². The summed E-state index contributed by atoms with van der Waals surface area (Å²) in [6.07, 6.45) is 42.7. The van der Waals surface area contributed by atoms with E-state index in [0.717, 1.165) is 70.6 Å². The van der Waals surface area contributed by atoms with Crippen LogP contribution in [0.2, 0.25) is 0 Å². The highest BCUT2D eigenvalue weighted by Crippen LogP contribution is 2.27. The number of esters is 1. The van der Waals surface area contributed by atoms with E-state index in [1.54, 1.807) is 0 Å². The fourth-order valence-electron chi connectivity index (χ4n) is 9.21. The van der Waals surface area contributed by atoms with E-state index in [2.05, 4.69) is 74.6 Å². The van der Waals surface area contributed by atoms with E-state index < -0.39 is 80.7 Å². The molecule has 0 saturated carbocycles. The number of hydrogen-bond acceptors (Lipinski definition) is 14. The lowest BCUT2D eigenvalue weighted by molar-refractivity contribution is -0.332. The molecule has 2 fully saturated rings. The number of rotatable bonds is 48. The van der Waals surface area contributed by atoms with E-state index in [1.807, 2.05) is 0 Å². The SMILES string of the molecule is CC/C=C\C/C=C\C/C=C\C/C=C\CCCCCCCCCCCCC(=O)OC(COCCCCCCCCCC/C=C\CCCCCCCC)COC1OC(COC2OC(CO)C(O)C(O)C2O)C(O)C(O)C1O. The number of unbranched alkanes of at least 4 members (excludes halogenated alkanes) is 24. The first-order valence-corrected chi connectivity index (χ1v) is 29.9. The van der Waals surface area contributed by atoms with Crippen molar-refractivity contribution in [1.82, 2.24) is 0 Å². The zero-order chi connectivity index (χ0) is 54.4. The summed E-state index contributed by atoms with van der Waals surface area (Å²) >= 11 is 0. The molecule has 2 heterocycles. The van der Waals surface area contributed by atoms with Crippen LogP contribution < -0.4 is 0 Å². The largest absolute Gasteiger partial charge is 0.457 e. The van der Waals surface area contributed by atoms with Crippen LogP contribution in [0.1, 0.15) is 219 Å². The van der Waals surface area contributed by atoms with Crippen LogP contribution in [-0.2, 0) is 33.2 Å². The van der Waals surface area contributed by atoms with E-state index in [4.69, 9.17) is 28.4 Å². The third kappa shape index (κ3) is 34.3. The second-order valence-electron chi connectivity index (χ2n) is 20.8. The predicted molar refractivity (Wildman–Crippen MR) is 298 cm³/mol. The third-order valence-electron chi connectivity index (χ3n) is 14.0. The standard InChI is InChI=1S/C61H108O14/c1-3-5-7-9-11-13-15-17-19-21-23-24-25-26-27-28-30-32-34-36-38-40-42-44-53(63)73-50(47-70-45-43-41-39-37-35-33-31-29-22-20-18-16-14-12-10-8-6-4-2)48-71-60-59(69)57(67)55(65)52(75-60)49-72-61-58(68)56(66)54(64)51(46-62)74-61/h5,7,11,13,17-20,23-24,50-52,54-62,64-69H,3-4,6,8-10,12,14-16,21-22,25-49H2,1-2H3/b7-5-,13-11-,19-17-,20-18-,24-23-. The van der Waals surface area contributed by atoms with Gasteiger partial charge in [-0.05, 0) is 77.0 Å². The maximum atomic E-state index is 13.1. The van der Waals surface area contributed by atoms with Gasteiger partial charge in [0.1, 0.15) is 54.9 Å². The van der Waals surface area contributed by atoms with Crippen molar-refractivity contribution >= 4 is 5.97 Å². The zero-order valence-corrected chi connectivity index (χ0v) is 46.8. The molecule has 0 spiro atoms. The summed E-state index contributed by atoms with van der Waals surface area (Å²) in [5.74, 6) is -0.381. The van der Waals surface area contributed by atoms with Gasteiger partial charge in [-0.1, -0.05) is 197 Å². The third-order valence-corrected chi connectivity index (χ3v) is 14.0. The molecule has 0 amide bonds. The summed E-state index contributed by atoms with van der Waals surface area (Å²) in [5, 5.41) is 72.4. The minimum atomic E-state index is -1.71. The Hall–Kier alpha value is -2.31. The fraction of sp³-hybridized carbons (Fsp3) is 0.820. The van der Waals surface area contributed by atoms with Crippen molar-refractivity contribution in [1.29, 1.82) is 0 Å². The molecule has 7 N–H and O–H groups in total. The smallest absolute Gasteiger partial charge is 0.306 e. The molecule has 2 aliphatic heterocycles. The molecule has 0 aliphatic carbocycles. The maximum Gasteiger partial charge on any atom is 0.306 e. The van der Waals surface area contributed by atoms with E-state index in [-0.39, 0.29) is 25.6 Å². The topological polar surface area (TPSA) is 214 Å². The number of aliphatic hydroxyl groups excluding tert-OH is 7. The lowest BCUT2D eigenvalue weighted by Crippen LogP contribution is -2.61. The Morgan fingerprint density at radius 1 is 0.453 bits per heavy atom. The van der Waals surface area contributed by atoms with E-state index in [1.165, 1.54) is 122 Å². The van der Waals surface area contributed by atoms with Crippen molar-refractivity contribution in [3.05, 3.63) is 60.8 Å². The minimum absolute atomic E-state index is 0.0568. The van der Waals surface area contributed by atoms with Gasteiger partial charge >= 0.3 is 5.97 Å². The molecule has 0 aromatic rings. The molecule has 0 radical (unpaired) electrons. The first kappa shape index (κ1) is 68.8. The monoisotopic (exact) mass is 1060 g/mol. The fourth-order valence-corrected chi connectivity index (χ4v) is 9.21. The molecule has 0 aromatic carbocycles. The van der Waals surface area contributed by atoms with Crippen molar-refractivity contribution in [3.63, 3.8) is 0 Å². The predicted octanol–water partition coefficient (Wildman–Crippen LogP) is 10.9. The Labute approximate surface area is 454 Å². The minimum Gasteiger partial charge on any atom is -0.457 e. The van der Waals surface area contributed by atoms with Crippen molar-refractivity contribution in [3.8, 4) is 0 Å². The number of allylic oxidation sites excluding steroid dienone is 10. The molecule has 75 heavy (non-hydrogen) atoms. The highest BCUT2D eigenvalue weighted by Gasteiger charge is 2.47. The Morgan fingerprint density at radius 3 is 1.37 bits per heavy atom. The molecule has 2 rings (SSSR count). The Bertz CT molecular complexity index is 1470. The van der Waals surface area contributed by atoms with Gasteiger partial charge < -0.3 is 64.2 Å². The highest BCUT2D eigenvalue weighted by molar-refractivity contribution is 5.69. The summed E-state index contributed by atoms with van der Waals surface area (Å²) < 4.78 is 34.4. The molecule has 2 saturated heterocycles. The van der Waals surface area contributed by atoms with Gasteiger partial charge in [-0.15, -0.1) is 0 Å². The molecule has 2 aliphatic rings. The van der Waals surface area contributed by atoms with Gasteiger partial charge in [0.05, 0.1) is 26.4 Å². The van der Waals surface area contributed by atoms with Gasteiger partial charge in [-0.25, -0.2) is 0 Å². The molecule has 0 aromatic heterocycles. The summed E-state index contributed by atoms with van der Waals surface area (Å²) in [4.78, 5) is 13.1. The lowest BCUT2D eigenvalue weighted by atomic mass is 9.98. The van der Waals surface area contributed by atoms with Crippen LogP contribution >= 0.6 is 0 Å². The summed E-state index contributed by atoms with van der Waals surface area (Å²) in [6, 6.07) is 0. The van der Waals surface area contributed by atoms with Gasteiger partial charge in [0.25, 0.3) is 0 Å². The Balaban J connectivity index is 1.70. The Kier molecular flexibility index (Phi) is 43.7. The van der Waals surface area contributed by atoms with Crippen LogP contribution in [0.25, 0.3) is 0 Å². The average molecular weight is 1070 g/mol. The molecule has 436 valence electrons. The summed E-state index contributed by atoms with van der Waals surface area (Å²) in [5.41, 5.74) is 0. The van der Waals surface area contributed by atoms with Crippen LogP contribution in [0, 0.1) is 0 Å². The summed E-state index contributed by atoms with van der Waals surface area (Å²) in [6.45, 7) is 3.58. The van der Waals surface area contributed by atoms with Crippen LogP contribution in [0.4, 0.5) is 0 Å². The van der Waals surface area contributed by atoms with Crippen molar-refractivity contribution in [2.24, 2.45) is 0 Å². The zero-order valence-electron chi connectivity index (χ0n) is 46.8. The van der Waals surface area contributed by atoms with Crippen molar-refractivity contribution in [2.75, 3.05) is 33.0 Å². The second kappa shape index (κ2) is 47.7. The van der Waals surface area contributed by atoms with Gasteiger partial charge in [-0.2, -0.15) is 0 Å². The van der Waals surface area contributed by atoms with Crippen LogP contribution in [0.3, 0.4) is 0 Å². The summed E-state index contributed by atoms with van der Waals surface area (Å²) in [7, 11) is 0. The van der Waals surface area contributed by atoms with Crippen LogP contribution in [0.5, 0.6) is 0 Å². The van der Waals surface area contributed by atoms with Gasteiger partial charge in [0.15, 0.2) is 12.6 Å². The number of aliphatic hydroxyl groups is 7. The van der Waals surface area contributed by atoms with Gasteiger partial charge in [0, 0.05) is 13.0 Å². The molecular formula is C61H108O14. The first-order chi connectivity index (χ1) is 36.6. The van der Waals surface area contributed by atoms with E-state index >= 15 is 0 Å². The number of ether oxygens (including phenoxy) is 6. The van der Waals surface area contributed by atoms with E-state index in [9.17, 15) is 40.5 Å². The highest BCUT2D eigenvalue weighted by atomic mass is 16.7. The Morgan fingerprint density at radius 2 is 0.867 bits per heavy atom. The van der Waals surface area contributed by atoms with Crippen molar-refractivity contribution in [2.45, 2.75) is 287 Å². The maximum absolute atomic E-state index is 13.1. The number of carbonyl (C=O) groups excluding carboxylic acids is 1. The molecule has 14 heteroatoms. The van der Waals surface area contributed by atoms with Crippen LogP contribution in [0.15, 0.2) is 60.8 Å². The molecular weight excluding hydrogens is 957 g/mol. The number of carbonyl (C=O) groups is 1.